The third kappa shape index (κ3) is 4.52. The van der Waals surface area contributed by atoms with Crippen LogP contribution in [0, 0.1) is 5.92 Å². The molecule has 0 bridgehead atoms. The summed E-state index contributed by atoms with van der Waals surface area (Å²) in [4.78, 5) is 21.8. The van der Waals surface area contributed by atoms with Gasteiger partial charge in [0.25, 0.3) is 0 Å². The third-order valence-electron chi connectivity index (χ3n) is 2.12. The molecule has 0 saturated heterocycles. The summed E-state index contributed by atoms with van der Waals surface area (Å²) in [5.74, 6) is -0.576. The molecule has 1 atom stereocenters. The molecule has 86 valence electrons. The Labute approximate surface area is 108 Å². The molecule has 0 fully saturated rings. The van der Waals surface area contributed by atoms with Gasteiger partial charge in [0.1, 0.15) is 0 Å². The van der Waals surface area contributed by atoms with Gasteiger partial charge in [-0.25, -0.2) is 0 Å². The number of hydrogen-bond acceptors (Lipinski definition) is 2. The predicted octanol–water partition coefficient (Wildman–Crippen LogP) is 3.42. The predicted molar refractivity (Wildman–Crippen MR) is 65.0 cm³/mol. The summed E-state index contributed by atoms with van der Waals surface area (Å²) < 4.78 is 0. The summed E-state index contributed by atoms with van der Waals surface area (Å²) >= 11 is 16.4. The summed E-state index contributed by atoms with van der Waals surface area (Å²) in [6.45, 7) is 0. The largest absolute Gasteiger partial charge is 0.281 e. The van der Waals surface area contributed by atoms with Crippen molar-refractivity contribution in [2.45, 2.75) is 12.8 Å². The first-order valence-corrected chi connectivity index (χ1v) is 5.74. The van der Waals surface area contributed by atoms with Crippen LogP contribution in [0.25, 0.3) is 0 Å². The highest BCUT2D eigenvalue weighted by Crippen LogP contribution is 2.18. The van der Waals surface area contributed by atoms with Crippen LogP contribution < -0.4 is 0 Å². The van der Waals surface area contributed by atoms with Crippen molar-refractivity contribution >= 4 is 45.3 Å². The minimum absolute atomic E-state index is 0.0491. The second-order valence-corrected chi connectivity index (χ2v) is 4.62. The minimum Gasteiger partial charge on any atom is -0.281 e. The molecule has 1 aromatic carbocycles. The Hall–Kier alpha value is -0.570. The molecule has 0 amide bonds. The molecular weight excluding hydrogens is 270 g/mol. The number of carbonyl (C=O) groups excluding carboxylic acids is 2. The molecule has 0 aliphatic rings. The first-order chi connectivity index (χ1) is 7.49. The number of carbonyl (C=O) groups is 2. The van der Waals surface area contributed by atoms with Crippen LogP contribution in [0.2, 0.25) is 5.02 Å². The van der Waals surface area contributed by atoms with Gasteiger partial charge in [0.15, 0.2) is 0 Å². The molecule has 0 spiro atoms. The van der Waals surface area contributed by atoms with Gasteiger partial charge >= 0.3 is 0 Å². The van der Waals surface area contributed by atoms with E-state index in [4.69, 9.17) is 34.8 Å². The lowest BCUT2D eigenvalue weighted by atomic mass is 9.98. The van der Waals surface area contributed by atoms with E-state index in [1.54, 1.807) is 24.3 Å². The normalized spacial score (nSPS) is 12.2. The highest BCUT2D eigenvalue weighted by Gasteiger charge is 2.19. The SMILES string of the molecule is O=C(Cl)CC(Cc1ccc(Cl)cc1)C(=O)Cl. The van der Waals surface area contributed by atoms with Crippen LogP contribution in [0.5, 0.6) is 0 Å². The van der Waals surface area contributed by atoms with E-state index >= 15 is 0 Å². The molecule has 0 aliphatic heterocycles. The molecule has 0 aliphatic carbocycles. The van der Waals surface area contributed by atoms with Crippen LogP contribution in [-0.2, 0) is 16.0 Å². The van der Waals surface area contributed by atoms with Gasteiger partial charge in [0.2, 0.25) is 10.5 Å². The fourth-order valence-corrected chi connectivity index (χ4v) is 1.80. The van der Waals surface area contributed by atoms with Crippen LogP contribution in [-0.4, -0.2) is 10.5 Å². The molecule has 1 rings (SSSR count). The number of benzene rings is 1. The van der Waals surface area contributed by atoms with Gasteiger partial charge in [-0.15, -0.1) is 0 Å². The molecule has 5 heteroatoms. The van der Waals surface area contributed by atoms with Crippen molar-refractivity contribution in [3.05, 3.63) is 34.9 Å². The average Bonchev–Trinajstić information content (AvgIpc) is 2.19. The van der Waals surface area contributed by atoms with Crippen LogP contribution in [0.4, 0.5) is 0 Å². The van der Waals surface area contributed by atoms with E-state index in [1.165, 1.54) is 0 Å². The Morgan fingerprint density at radius 1 is 1.12 bits per heavy atom. The zero-order valence-corrected chi connectivity index (χ0v) is 10.5. The fourth-order valence-electron chi connectivity index (χ4n) is 1.33. The van der Waals surface area contributed by atoms with Gasteiger partial charge < -0.3 is 0 Å². The standard InChI is InChI=1S/C11H9Cl3O2/c12-9-3-1-7(2-4-9)5-8(11(14)16)6-10(13)15/h1-4,8H,5-6H2. The summed E-state index contributed by atoms with van der Waals surface area (Å²) in [5.41, 5.74) is 0.890. The third-order valence-corrected chi connectivity index (χ3v) is 2.84. The molecule has 16 heavy (non-hydrogen) atoms. The molecule has 2 nitrogen and oxygen atoms in total. The van der Waals surface area contributed by atoms with E-state index in [0.717, 1.165) is 5.56 Å². The molecule has 0 aromatic heterocycles. The molecule has 0 saturated carbocycles. The monoisotopic (exact) mass is 278 g/mol. The van der Waals surface area contributed by atoms with Gasteiger partial charge in [0, 0.05) is 17.4 Å². The van der Waals surface area contributed by atoms with Crippen molar-refractivity contribution in [3.8, 4) is 0 Å². The molecule has 0 N–H and O–H groups in total. The van der Waals surface area contributed by atoms with E-state index in [0.29, 0.717) is 11.4 Å². The topological polar surface area (TPSA) is 34.1 Å². The Morgan fingerprint density at radius 2 is 1.69 bits per heavy atom. The Kier molecular flexibility index (Phi) is 5.26. The van der Waals surface area contributed by atoms with Gasteiger partial charge in [-0.05, 0) is 47.3 Å². The second kappa shape index (κ2) is 6.24. The highest BCUT2D eigenvalue weighted by molar-refractivity contribution is 6.66. The van der Waals surface area contributed by atoms with Crippen LogP contribution in [0.1, 0.15) is 12.0 Å². The Balaban J connectivity index is 2.71. The van der Waals surface area contributed by atoms with E-state index in [2.05, 4.69) is 0 Å². The van der Waals surface area contributed by atoms with Crippen molar-refractivity contribution < 1.29 is 9.59 Å². The van der Waals surface area contributed by atoms with E-state index in [9.17, 15) is 9.59 Å². The van der Waals surface area contributed by atoms with Gasteiger partial charge in [-0.1, -0.05) is 23.7 Å². The summed E-state index contributed by atoms with van der Waals surface area (Å²) in [6, 6.07) is 7.01. The first kappa shape index (κ1) is 13.5. The lowest BCUT2D eigenvalue weighted by molar-refractivity contribution is -0.119. The molecule has 0 radical (unpaired) electrons. The van der Waals surface area contributed by atoms with Gasteiger partial charge in [0.05, 0.1) is 0 Å². The quantitative estimate of drug-likeness (QED) is 0.774. The Morgan fingerprint density at radius 3 is 2.12 bits per heavy atom. The fraction of sp³-hybridized carbons (Fsp3) is 0.273. The van der Waals surface area contributed by atoms with Crippen molar-refractivity contribution in [2.24, 2.45) is 5.92 Å². The van der Waals surface area contributed by atoms with Gasteiger partial charge in [-0.2, -0.15) is 0 Å². The minimum atomic E-state index is -0.576. The zero-order chi connectivity index (χ0) is 12.1. The second-order valence-electron chi connectivity index (χ2n) is 3.39. The number of halogens is 3. The number of rotatable bonds is 5. The number of hydrogen-bond donors (Lipinski definition) is 0. The summed E-state index contributed by atoms with van der Waals surface area (Å²) in [5, 5.41) is -0.497. The van der Waals surface area contributed by atoms with Crippen LogP contribution in [0.15, 0.2) is 24.3 Å². The maximum Gasteiger partial charge on any atom is 0.225 e. The summed E-state index contributed by atoms with van der Waals surface area (Å²) in [7, 11) is 0. The van der Waals surface area contributed by atoms with Crippen LogP contribution in [0.3, 0.4) is 0 Å². The van der Waals surface area contributed by atoms with E-state index in [-0.39, 0.29) is 6.42 Å². The molecule has 0 heterocycles. The highest BCUT2D eigenvalue weighted by atomic mass is 35.5. The zero-order valence-electron chi connectivity index (χ0n) is 8.25. The maximum absolute atomic E-state index is 11.1. The van der Waals surface area contributed by atoms with Crippen molar-refractivity contribution in [1.29, 1.82) is 0 Å². The van der Waals surface area contributed by atoms with E-state index in [1.807, 2.05) is 0 Å². The lowest BCUT2D eigenvalue weighted by Crippen LogP contribution is -2.14. The molecule has 1 aromatic rings. The maximum atomic E-state index is 11.1. The smallest absolute Gasteiger partial charge is 0.225 e. The lowest BCUT2D eigenvalue weighted by Gasteiger charge is -2.09. The first-order valence-electron chi connectivity index (χ1n) is 4.61. The van der Waals surface area contributed by atoms with Crippen LogP contribution >= 0.6 is 34.8 Å². The van der Waals surface area contributed by atoms with Crippen molar-refractivity contribution in [2.75, 3.05) is 0 Å². The molecular formula is C11H9Cl3O2. The average molecular weight is 280 g/mol. The van der Waals surface area contributed by atoms with Gasteiger partial charge in [-0.3, -0.25) is 9.59 Å². The van der Waals surface area contributed by atoms with E-state index < -0.39 is 16.4 Å². The van der Waals surface area contributed by atoms with Crippen molar-refractivity contribution in [1.82, 2.24) is 0 Å². The Bertz CT molecular complexity index is 387. The van der Waals surface area contributed by atoms with Crippen molar-refractivity contribution in [3.63, 3.8) is 0 Å². The molecule has 1 unspecified atom stereocenters. The summed E-state index contributed by atoms with van der Waals surface area (Å²) in [6.07, 6.45) is 0.338.